The zero-order valence-corrected chi connectivity index (χ0v) is 19.9. The number of hydrogen-bond donors (Lipinski definition) is 2. The summed E-state index contributed by atoms with van der Waals surface area (Å²) in [5, 5.41) is 6.13. The Balaban J connectivity index is 1.25. The maximum atomic E-state index is 12.5. The quantitative estimate of drug-likeness (QED) is 0.675. The van der Waals surface area contributed by atoms with Crippen molar-refractivity contribution in [3.8, 4) is 0 Å². The van der Waals surface area contributed by atoms with Crippen LogP contribution in [0.25, 0.3) is 0 Å². The van der Waals surface area contributed by atoms with Crippen LogP contribution in [0.2, 0.25) is 0 Å². The number of nitrogens with one attached hydrogen (secondary N) is 2. The normalized spacial score (nSPS) is 40.8. The van der Waals surface area contributed by atoms with Gasteiger partial charge in [0.1, 0.15) is 0 Å². The van der Waals surface area contributed by atoms with Gasteiger partial charge in [0.05, 0.1) is 0 Å². The second kappa shape index (κ2) is 8.07. The highest BCUT2D eigenvalue weighted by atomic mass is 16.2. The van der Waals surface area contributed by atoms with E-state index >= 15 is 0 Å². The van der Waals surface area contributed by atoms with E-state index in [0.29, 0.717) is 23.3 Å². The molecule has 3 amide bonds. The molecule has 1 saturated heterocycles. The van der Waals surface area contributed by atoms with E-state index in [1.165, 1.54) is 32.1 Å². The third-order valence-electron chi connectivity index (χ3n) is 10.3. The fourth-order valence-electron chi connectivity index (χ4n) is 8.51. The van der Waals surface area contributed by atoms with Crippen LogP contribution in [0.4, 0.5) is 10.5 Å². The van der Waals surface area contributed by atoms with E-state index in [2.05, 4.69) is 29.4 Å². The SMILES string of the molecule is CN1C(=O)CCC2(C)C3CCC4(C)C(CNC(=O)Nc5ccccc5)CCC4C3CC[C@@H]12. The highest BCUT2D eigenvalue weighted by Gasteiger charge is 2.60. The van der Waals surface area contributed by atoms with Crippen LogP contribution in [-0.2, 0) is 4.79 Å². The molecule has 0 aromatic heterocycles. The van der Waals surface area contributed by atoms with Gasteiger partial charge in [-0.3, -0.25) is 4.79 Å². The first kappa shape index (κ1) is 21.8. The smallest absolute Gasteiger partial charge is 0.319 e. The van der Waals surface area contributed by atoms with Crippen LogP contribution in [0.1, 0.15) is 65.2 Å². The number of likely N-dealkylation sites (tertiary alicyclic amines) is 1. The monoisotopic (exact) mass is 437 g/mol. The number of anilines is 1. The lowest BCUT2D eigenvalue weighted by Crippen LogP contribution is -2.61. The van der Waals surface area contributed by atoms with Gasteiger partial charge in [0.15, 0.2) is 0 Å². The van der Waals surface area contributed by atoms with Gasteiger partial charge in [-0.1, -0.05) is 32.0 Å². The summed E-state index contributed by atoms with van der Waals surface area (Å²) in [6, 6.07) is 9.99. The van der Waals surface area contributed by atoms with E-state index in [1.54, 1.807) is 0 Å². The Hall–Kier alpha value is -2.04. The molecule has 6 unspecified atom stereocenters. The van der Waals surface area contributed by atoms with Crippen LogP contribution < -0.4 is 10.6 Å². The van der Waals surface area contributed by atoms with Crippen LogP contribution in [0.3, 0.4) is 0 Å². The number of carbonyl (C=O) groups is 2. The van der Waals surface area contributed by atoms with E-state index in [0.717, 1.165) is 49.2 Å². The van der Waals surface area contributed by atoms with Crippen LogP contribution in [0, 0.1) is 34.5 Å². The summed E-state index contributed by atoms with van der Waals surface area (Å²) in [5.74, 6) is 3.16. The molecule has 0 radical (unpaired) electrons. The second-order valence-corrected chi connectivity index (χ2v) is 11.5. The number of hydrogen-bond acceptors (Lipinski definition) is 2. The van der Waals surface area contributed by atoms with Crippen molar-refractivity contribution in [2.45, 2.75) is 71.3 Å². The van der Waals surface area contributed by atoms with Crippen molar-refractivity contribution in [2.24, 2.45) is 34.5 Å². The number of fused-ring (bicyclic) bond motifs is 5. The molecule has 1 aromatic carbocycles. The van der Waals surface area contributed by atoms with Crippen LogP contribution >= 0.6 is 0 Å². The minimum atomic E-state index is -0.0973. The molecule has 1 aromatic rings. The van der Waals surface area contributed by atoms with E-state index in [9.17, 15) is 9.59 Å². The Labute approximate surface area is 192 Å². The van der Waals surface area contributed by atoms with E-state index < -0.39 is 0 Å². The van der Waals surface area contributed by atoms with Gasteiger partial charge in [-0.15, -0.1) is 0 Å². The lowest BCUT2D eigenvalue weighted by molar-refractivity contribution is -0.158. The topological polar surface area (TPSA) is 61.4 Å². The van der Waals surface area contributed by atoms with Crippen molar-refractivity contribution in [3.05, 3.63) is 30.3 Å². The van der Waals surface area contributed by atoms with Crippen LogP contribution in [-0.4, -0.2) is 36.5 Å². The number of amides is 3. The molecule has 174 valence electrons. The Morgan fingerprint density at radius 2 is 1.75 bits per heavy atom. The van der Waals surface area contributed by atoms with Gasteiger partial charge in [-0.2, -0.15) is 0 Å². The third-order valence-corrected chi connectivity index (χ3v) is 10.3. The van der Waals surface area contributed by atoms with Gasteiger partial charge in [0.25, 0.3) is 0 Å². The maximum absolute atomic E-state index is 12.5. The maximum Gasteiger partial charge on any atom is 0.319 e. The number of rotatable bonds is 3. The molecule has 1 aliphatic heterocycles. The zero-order chi connectivity index (χ0) is 22.5. The highest BCUT2D eigenvalue weighted by molar-refractivity contribution is 5.89. The average molecular weight is 438 g/mol. The van der Waals surface area contributed by atoms with E-state index in [4.69, 9.17) is 0 Å². The highest BCUT2D eigenvalue weighted by Crippen LogP contribution is 2.66. The molecule has 5 nitrogen and oxygen atoms in total. The van der Waals surface area contributed by atoms with Gasteiger partial charge in [-0.25, -0.2) is 4.79 Å². The largest absolute Gasteiger partial charge is 0.342 e. The Kier molecular flexibility index (Phi) is 5.50. The van der Waals surface area contributed by atoms with Crippen molar-refractivity contribution in [2.75, 3.05) is 18.9 Å². The van der Waals surface area contributed by atoms with Crippen molar-refractivity contribution in [1.29, 1.82) is 0 Å². The zero-order valence-electron chi connectivity index (χ0n) is 19.9. The molecule has 0 spiro atoms. The van der Waals surface area contributed by atoms with Gasteiger partial charge >= 0.3 is 6.03 Å². The summed E-state index contributed by atoms with van der Waals surface area (Å²) in [7, 11) is 2.04. The summed E-state index contributed by atoms with van der Waals surface area (Å²) < 4.78 is 0. The summed E-state index contributed by atoms with van der Waals surface area (Å²) in [4.78, 5) is 26.9. The molecule has 3 saturated carbocycles. The molecule has 4 aliphatic rings. The fourth-order valence-corrected chi connectivity index (χ4v) is 8.51. The molecule has 1 heterocycles. The van der Waals surface area contributed by atoms with E-state index in [-0.39, 0.29) is 11.4 Å². The van der Waals surface area contributed by atoms with Crippen LogP contribution in [0.15, 0.2) is 30.3 Å². The minimum Gasteiger partial charge on any atom is -0.342 e. The second-order valence-electron chi connectivity index (χ2n) is 11.5. The number of piperidine rings is 1. The lowest BCUT2D eigenvalue weighted by Gasteiger charge is -2.61. The fraction of sp³-hybridized carbons (Fsp3) is 0.704. The third kappa shape index (κ3) is 3.43. The molecule has 3 aliphatic carbocycles. The van der Waals surface area contributed by atoms with Crippen LogP contribution in [0.5, 0.6) is 0 Å². The molecule has 5 heteroatoms. The van der Waals surface area contributed by atoms with Gasteiger partial charge < -0.3 is 15.5 Å². The Morgan fingerprint density at radius 1 is 1.00 bits per heavy atom. The van der Waals surface area contributed by atoms with Crippen molar-refractivity contribution in [3.63, 3.8) is 0 Å². The Bertz CT molecular complexity index is 873. The molecule has 32 heavy (non-hydrogen) atoms. The minimum absolute atomic E-state index is 0.0973. The number of para-hydroxylation sites is 1. The molecule has 4 fully saturated rings. The molecular weight excluding hydrogens is 398 g/mol. The van der Waals surface area contributed by atoms with Crippen molar-refractivity contribution < 1.29 is 9.59 Å². The molecule has 5 rings (SSSR count). The first-order chi connectivity index (χ1) is 15.3. The predicted octanol–water partition coefficient (Wildman–Crippen LogP) is 5.29. The van der Waals surface area contributed by atoms with Crippen molar-refractivity contribution >= 4 is 17.6 Å². The van der Waals surface area contributed by atoms with Gasteiger partial charge in [-0.05, 0) is 91.6 Å². The Morgan fingerprint density at radius 3 is 2.53 bits per heavy atom. The summed E-state index contributed by atoms with van der Waals surface area (Å²) in [6.07, 6.45) is 9.25. The van der Waals surface area contributed by atoms with Gasteiger partial charge in [0.2, 0.25) is 5.91 Å². The first-order valence-electron chi connectivity index (χ1n) is 12.7. The predicted molar refractivity (Wildman–Crippen MR) is 127 cm³/mol. The molecular formula is C27H39N3O2. The first-order valence-corrected chi connectivity index (χ1v) is 12.7. The summed E-state index contributed by atoms with van der Waals surface area (Å²) in [6.45, 7) is 5.76. The summed E-state index contributed by atoms with van der Waals surface area (Å²) in [5.41, 5.74) is 1.43. The molecule has 2 N–H and O–H groups in total. The van der Waals surface area contributed by atoms with E-state index in [1.807, 2.05) is 37.4 Å². The summed E-state index contributed by atoms with van der Waals surface area (Å²) >= 11 is 0. The standard InChI is InChI=1S/C27H39N3O2/c1-26-15-13-22-20(10-12-23-27(22,2)16-14-24(31)30(23)3)21(26)11-9-18(26)17-28-25(32)29-19-7-5-4-6-8-19/h4-8,18,20-23H,9-17H2,1-3H3,(H2,28,29,32)/t18?,20?,21?,22?,23-,26?,27?/m1/s1. The number of benzene rings is 1. The van der Waals surface area contributed by atoms with Crippen molar-refractivity contribution in [1.82, 2.24) is 10.2 Å². The number of urea groups is 1. The average Bonchev–Trinajstić information content (AvgIpc) is 3.12. The number of nitrogens with zero attached hydrogens (tertiary/aromatic N) is 1. The number of carbonyl (C=O) groups excluding carboxylic acids is 2. The van der Waals surface area contributed by atoms with Gasteiger partial charge in [0, 0.05) is 31.7 Å². The molecule has 0 bridgehead atoms. The lowest BCUT2D eigenvalue weighted by atomic mass is 9.47. The molecule has 7 atom stereocenters.